The van der Waals surface area contributed by atoms with Crippen molar-refractivity contribution >= 4 is 17.7 Å². The van der Waals surface area contributed by atoms with E-state index in [9.17, 15) is 9.18 Å². The first-order valence-electron chi connectivity index (χ1n) is 7.45. The maximum absolute atomic E-state index is 12.8. The number of hydrogen-bond donors (Lipinski definition) is 3. The van der Waals surface area contributed by atoms with Crippen molar-refractivity contribution in [1.29, 1.82) is 0 Å². The summed E-state index contributed by atoms with van der Waals surface area (Å²) in [6.45, 7) is 5.56. The lowest BCUT2D eigenvalue weighted by molar-refractivity contribution is 0.0955. The second-order valence-corrected chi connectivity index (χ2v) is 4.94. The van der Waals surface area contributed by atoms with Crippen LogP contribution in [0.3, 0.4) is 0 Å². The van der Waals surface area contributed by atoms with Crippen LogP contribution >= 0.6 is 0 Å². The highest BCUT2D eigenvalue weighted by atomic mass is 19.1. The zero-order valence-corrected chi connectivity index (χ0v) is 13.2. The minimum atomic E-state index is -0.362. The summed E-state index contributed by atoms with van der Waals surface area (Å²) in [6, 6.07) is 7.27. The van der Waals surface area contributed by atoms with E-state index in [1.807, 2.05) is 19.9 Å². The third kappa shape index (κ3) is 5.21. The van der Waals surface area contributed by atoms with Crippen LogP contribution in [0.4, 0.5) is 16.2 Å². The van der Waals surface area contributed by atoms with Crippen molar-refractivity contribution in [3.05, 3.63) is 47.4 Å². The first-order chi connectivity index (χ1) is 11.1. The molecule has 3 N–H and O–H groups in total. The van der Waals surface area contributed by atoms with Crippen molar-refractivity contribution in [3.63, 3.8) is 0 Å². The van der Waals surface area contributed by atoms with Gasteiger partial charge in [-0.2, -0.15) is 4.98 Å². The number of aryl methyl sites for hydroxylation is 1. The molecule has 7 heteroatoms. The average molecular weight is 317 g/mol. The maximum atomic E-state index is 12.8. The molecule has 6 nitrogen and oxygen atoms in total. The van der Waals surface area contributed by atoms with Crippen LogP contribution in [0, 0.1) is 12.7 Å². The van der Waals surface area contributed by atoms with E-state index >= 15 is 0 Å². The normalized spacial score (nSPS) is 10.2. The second-order valence-electron chi connectivity index (χ2n) is 4.94. The summed E-state index contributed by atoms with van der Waals surface area (Å²) in [7, 11) is 0. The fourth-order valence-corrected chi connectivity index (χ4v) is 1.97. The monoisotopic (exact) mass is 317 g/mol. The van der Waals surface area contributed by atoms with E-state index in [0.717, 1.165) is 12.2 Å². The fourth-order valence-electron chi connectivity index (χ4n) is 1.97. The maximum Gasteiger partial charge on any atom is 0.251 e. The third-order valence-corrected chi connectivity index (χ3v) is 3.01. The van der Waals surface area contributed by atoms with Crippen LogP contribution in [0.5, 0.6) is 0 Å². The fraction of sp³-hybridized carbons (Fsp3) is 0.312. The number of nitrogens with zero attached hydrogens (tertiary/aromatic N) is 2. The predicted molar refractivity (Wildman–Crippen MR) is 88.2 cm³/mol. The number of nitrogens with one attached hydrogen (secondary N) is 3. The summed E-state index contributed by atoms with van der Waals surface area (Å²) < 4.78 is 12.8. The minimum absolute atomic E-state index is 0.237. The Morgan fingerprint density at radius 1 is 1.13 bits per heavy atom. The molecule has 0 saturated heterocycles. The Hall–Kier alpha value is -2.70. The highest BCUT2D eigenvalue weighted by Gasteiger charge is 2.05. The summed E-state index contributed by atoms with van der Waals surface area (Å²) in [5.74, 6) is 0.674. The largest absolute Gasteiger partial charge is 0.368 e. The highest BCUT2D eigenvalue weighted by molar-refractivity contribution is 5.94. The van der Waals surface area contributed by atoms with Gasteiger partial charge in [-0.15, -0.1) is 0 Å². The molecule has 2 aromatic rings. The van der Waals surface area contributed by atoms with Crippen LogP contribution in [0.2, 0.25) is 0 Å². The number of carbonyl (C=O) groups is 1. The Kier molecular flexibility index (Phi) is 5.85. The number of halogens is 1. The second kappa shape index (κ2) is 8.07. The standard InChI is InChI=1S/C16H20FN5O/c1-3-18-16-21-11(2)10-14(22-16)19-8-9-20-15(23)12-4-6-13(17)7-5-12/h4-7,10H,3,8-9H2,1-2H3,(H,20,23)(H2,18,19,21,22). The molecule has 1 amide bonds. The number of amides is 1. The molecule has 0 radical (unpaired) electrons. The van der Waals surface area contributed by atoms with Crippen LogP contribution in [-0.2, 0) is 0 Å². The number of anilines is 2. The average Bonchev–Trinajstić information content (AvgIpc) is 2.52. The molecule has 0 saturated carbocycles. The molecule has 0 bridgehead atoms. The van der Waals surface area contributed by atoms with Crippen LogP contribution in [0.15, 0.2) is 30.3 Å². The van der Waals surface area contributed by atoms with Gasteiger partial charge in [0.1, 0.15) is 11.6 Å². The number of benzene rings is 1. The molecule has 122 valence electrons. The van der Waals surface area contributed by atoms with E-state index in [1.54, 1.807) is 0 Å². The van der Waals surface area contributed by atoms with E-state index in [4.69, 9.17) is 0 Å². The van der Waals surface area contributed by atoms with Crippen molar-refractivity contribution in [2.75, 3.05) is 30.3 Å². The van der Waals surface area contributed by atoms with E-state index in [1.165, 1.54) is 24.3 Å². The third-order valence-electron chi connectivity index (χ3n) is 3.01. The zero-order valence-electron chi connectivity index (χ0n) is 13.2. The Morgan fingerprint density at radius 2 is 1.87 bits per heavy atom. The van der Waals surface area contributed by atoms with Gasteiger partial charge in [0, 0.05) is 37.0 Å². The molecule has 0 aliphatic carbocycles. The summed E-state index contributed by atoms with van der Waals surface area (Å²) in [6.07, 6.45) is 0. The summed E-state index contributed by atoms with van der Waals surface area (Å²) in [5, 5.41) is 8.96. The first kappa shape index (κ1) is 16.7. The lowest BCUT2D eigenvalue weighted by Gasteiger charge is -2.10. The lowest BCUT2D eigenvalue weighted by atomic mass is 10.2. The highest BCUT2D eigenvalue weighted by Crippen LogP contribution is 2.09. The van der Waals surface area contributed by atoms with Crippen molar-refractivity contribution in [3.8, 4) is 0 Å². The lowest BCUT2D eigenvalue weighted by Crippen LogP contribution is -2.29. The minimum Gasteiger partial charge on any atom is -0.368 e. The van der Waals surface area contributed by atoms with E-state index < -0.39 is 0 Å². The van der Waals surface area contributed by atoms with Gasteiger partial charge in [-0.1, -0.05) is 0 Å². The van der Waals surface area contributed by atoms with Gasteiger partial charge in [0.2, 0.25) is 5.95 Å². The SMILES string of the molecule is CCNc1nc(C)cc(NCCNC(=O)c2ccc(F)cc2)n1. The summed E-state index contributed by atoms with van der Waals surface area (Å²) in [4.78, 5) is 20.4. The topological polar surface area (TPSA) is 78.9 Å². The predicted octanol–water partition coefficient (Wildman–Crippen LogP) is 2.20. The molecule has 23 heavy (non-hydrogen) atoms. The Labute approximate surface area is 134 Å². The van der Waals surface area contributed by atoms with E-state index in [0.29, 0.717) is 30.4 Å². The van der Waals surface area contributed by atoms with Crippen molar-refractivity contribution < 1.29 is 9.18 Å². The Bertz CT molecular complexity index is 660. The van der Waals surface area contributed by atoms with Gasteiger partial charge in [-0.25, -0.2) is 9.37 Å². The van der Waals surface area contributed by atoms with Gasteiger partial charge in [0.15, 0.2) is 0 Å². The van der Waals surface area contributed by atoms with Crippen molar-refractivity contribution in [1.82, 2.24) is 15.3 Å². The van der Waals surface area contributed by atoms with Gasteiger partial charge in [0.25, 0.3) is 5.91 Å². The van der Waals surface area contributed by atoms with Crippen molar-refractivity contribution in [2.45, 2.75) is 13.8 Å². The molecule has 0 aliphatic rings. The molecule has 2 rings (SSSR count). The molecular formula is C16H20FN5O. The molecule has 1 aromatic carbocycles. The zero-order chi connectivity index (χ0) is 16.7. The Balaban J connectivity index is 1.81. The van der Waals surface area contributed by atoms with Gasteiger partial charge in [0.05, 0.1) is 0 Å². The number of aromatic nitrogens is 2. The number of hydrogen-bond acceptors (Lipinski definition) is 5. The molecular weight excluding hydrogens is 297 g/mol. The van der Waals surface area contributed by atoms with E-state index in [2.05, 4.69) is 25.9 Å². The smallest absolute Gasteiger partial charge is 0.251 e. The van der Waals surface area contributed by atoms with Crippen LogP contribution in [0.1, 0.15) is 23.0 Å². The summed E-state index contributed by atoms with van der Waals surface area (Å²) >= 11 is 0. The van der Waals surface area contributed by atoms with Gasteiger partial charge < -0.3 is 16.0 Å². The van der Waals surface area contributed by atoms with Crippen LogP contribution in [0.25, 0.3) is 0 Å². The van der Waals surface area contributed by atoms with E-state index in [-0.39, 0.29) is 11.7 Å². The molecule has 0 spiro atoms. The van der Waals surface area contributed by atoms with Crippen molar-refractivity contribution in [2.24, 2.45) is 0 Å². The molecule has 0 unspecified atom stereocenters. The molecule has 1 aromatic heterocycles. The van der Waals surface area contributed by atoms with Gasteiger partial charge in [-0.3, -0.25) is 4.79 Å². The van der Waals surface area contributed by atoms with Gasteiger partial charge in [-0.05, 0) is 38.1 Å². The number of carbonyl (C=O) groups excluding carboxylic acids is 1. The van der Waals surface area contributed by atoms with Crippen LogP contribution in [-0.4, -0.2) is 35.5 Å². The van der Waals surface area contributed by atoms with Crippen LogP contribution < -0.4 is 16.0 Å². The molecule has 0 fully saturated rings. The molecule has 0 atom stereocenters. The molecule has 0 aliphatic heterocycles. The first-order valence-corrected chi connectivity index (χ1v) is 7.45. The molecule has 1 heterocycles. The number of rotatable bonds is 7. The quantitative estimate of drug-likeness (QED) is 0.682. The van der Waals surface area contributed by atoms with Gasteiger partial charge >= 0.3 is 0 Å². The Morgan fingerprint density at radius 3 is 2.57 bits per heavy atom. The summed E-state index contributed by atoms with van der Waals surface area (Å²) in [5.41, 5.74) is 1.28.